The molecule has 166 valence electrons. The average molecular weight is 495 g/mol. The van der Waals surface area contributed by atoms with Gasteiger partial charge in [-0.2, -0.15) is 0 Å². The standard InChI is InChI=1S/C23H50Si6/c1-7-14-25(2)16-9-18-27(4)20-11-22-29(6)23-12-21-28(5)19-10-17-26(3)15-8-13-24/h7H,1,8-23H2,2-6H3. The molecular formula is C23H50Si6. The lowest BCUT2D eigenvalue weighted by Gasteiger charge is -2.15. The molecule has 0 aliphatic heterocycles. The molecule has 0 atom stereocenters. The van der Waals surface area contributed by atoms with Crippen LogP contribution in [0.2, 0.25) is 99.2 Å². The number of rotatable bonds is 21. The second kappa shape index (κ2) is 20.9. The topological polar surface area (TPSA) is 0 Å². The van der Waals surface area contributed by atoms with Crippen LogP contribution >= 0.6 is 0 Å². The Morgan fingerprint density at radius 2 is 0.793 bits per heavy atom. The molecule has 0 saturated carbocycles. The zero-order chi connectivity index (χ0) is 21.9. The van der Waals surface area contributed by atoms with E-state index in [1.807, 2.05) is 0 Å². The molecule has 0 aliphatic rings. The normalized spacial score (nSPS) is 12.2. The van der Waals surface area contributed by atoms with Crippen molar-refractivity contribution in [3.8, 4) is 0 Å². The fraction of sp³-hybridized carbons (Fsp3) is 0.913. The zero-order valence-electron chi connectivity index (χ0n) is 20.6. The van der Waals surface area contributed by atoms with E-state index in [1.54, 1.807) is 55.2 Å². The third-order valence-electron chi connectivity index (χ3n) is 6.10. The van der Waals surface area contributed by atoms with E-state index >= 15 is 0 Å². The van der Waals surface area contributed by atoms with Crippen LogP contribution in [0.15, 0.2) is 12.7 Å². The fourth-order valence-electron chi connectivity index (χ4n) is 4.01. The fourth-order valence-corrected chi connectivity index (χ4v) is 14.7. The summed E-state index contributed by atoms with van der Waals surface area (Å²) in [5.41, 5.74) is 0. The maximum Gasteiger partial charge on any atom is 0.0485 e. The molecule has 8 radical (unpaired) electrons. The van der Waals surface area contributed by atoms with Crippen LogP contribution < -0.4 is 0 Å². The van der Waals surface area contributed by atoms with Crippen molar-refractivity contribution < 1.29 is 0 Å². The Kier molecular flexibility index (Phi) is 21.7. The van der Waals surface area contributed by atoms with Crippen molar-refractivity contribution in [3.63, 3.8) is 0 Å². The van der Waals surface area contributed by atoms with Crippen LogP contribution in [0, 0.1) is 0 Å². The number of hydrogen-bond donors (Lipinski definition) is 0. The highest BCUT2D eigenvalue weighted by Gasteiger charge is 2.11. The maximum atomic E-state index is 3.90. The second-order valence-corrected chi connectivity index (χ2v) is 24.5. The van der Waals surface area contributed by atoms with Gasteiger partial charge in [-0.1, -0.05) is 131 Å². The summed E-state index contributed by atoms with van der Waals surface area (Å²) in [7, 11) is 3.39. The van der Waals surface area contributed by atoms with Crippen LogP contribution in [-0.2, 0) is 0 Å². The minimum absolute atomic E-state index is 0.0212. The summed E-state index contributed by atoms with van der Waals surface area (Å²) in [4.78, 5) is 0. The van der Waals surface area contributed by atoms with Crippen LogP contribution in [-0.4, -0.2) is 54.2 Å². The van der Waals surface area contributed by atoms with E-state index in [-0.39, 0.29) is 44.0 Å². The highest BCUT2D eigenvalue weighted by molar-refractivity contribution is 6.61. The lowest BCUT2D eigenvalue weighted by molar-refractivity contribution is 0.955. The molecule has 0 aromatic heterocycles. The molecule has 0 fully saturated rings. The van der Waals surface area contributed by atoms with Gasteiger partial charge in [0.15, 0.2) is 0 Å². The summed E-state index contributed by atoms with van der Waals surface area (Å²) in [5.74, 6) is 0. The third kappa shape index (κ3) is 20.7. The van der Waals surface area contributed by atoms with Gasteiger partial charge in [-0.05, 0) is 6.04 Å². The largest absolute Gasteiger partial charge is 0.103 e. The number of allylic oxidation sites excluding steroid dienone is 1. The molecule has 0 aromatic carbocycles. The molecule has 0 saturated heterocycles. The van der Waals surface area contributed by atoms with Crippen LogP contribution in [0.1, 0.15) is 32.1 Å². The molecule has 0 bridgehead atoms. The summed E-state index contributed by atoms with van der Waals surface area (Å²) in [6.07, 6.45) is 9.67. The first-order valence-corrected chi connectivity index (χ1v) is 25.0. The minimum atomic E-state index is -0.0955. The molecular weight excluding hydrogens is 445 g/mol. The van der Waals surface area contributed by atoms with Gasteiger partial charge >= 0.3 is 0 Å². The molecule has 29 heavy (non-hydrogen) atoms. The van der Waals surface area contributed by atoms with Crippen molar-refractivity contribution in [1.82, 2.24) is 0 Å². The molecule has 0 nitrogen and oxygen atoms in total. The SMILES string of the molecule is C=CC[Si](C)CCC[Si](C)CCC[Si](C)CCC[Si](C)CCC[Si](C)CCC[Si]. The average Bonchev–Trinajstić information content (AvgIpc) is 2.66. The summed E-state index contributed by atoms with van der Waals surface area (Å²) < 4.78 is 0. The van der Waals surface area contributed by atoms with Gasteiger partial charge in [0, 0.05) is 54.2 Å². The van der Waals surface area contributed by atoms with E-state index in [0.29, 0.717) is 0 Å². The third-order valence-corrected chi connectivity index (χ3v) is 18.3. The summed E-state index contributed by atoms with van der Waals surface area (Å²) in [5, 5.41) is 0. The van der Waals surface area contributed by atoms with Gasteiger partial charge in [0.2, 0.25) is 0 Å². The molecule has 0 unspecified atom stereocenters. The first-order valence-electron chi connectivity index (χ1n) is 12.2. The van der Waals surface area contributed by atoms with Crippen molar-refractivity contribution in [2.45, 2.75) is 131 Å². The Morgan fingerprint density at radius 1 is 0.517 bits per heavy atom. The highest BCUT2D eigenvalue weighted by atomic mass is 28.3. The van der Waals surface area contributed by atoms with Crippen molar-refractivity contribution in [2.75, 3.05) is 0 Å². The van der Waals surface area contributed by atoms with Gasteiger partial charge in [0.25, 0.3) is 0 Å². The van der Waals surface area contributed by atoms with E-state index < -0.39 is 0 Å². The van der Waals surface area contributed by atoms with Gasteiger partial charge < -0.3 is 0 Å². The lowest BCUT2D eigenvalue weighted by Crippen LogP contribution is -2.13. The van der Waals surface area contributed by atoms with Crippen LogP contribution in [0.5, 0.6) is 0 Å². The van der Waals surface area contributed by atoms with Gasteiger partial charge in [-0.3, -0.25) is 0 Å². The summed E-state index contributed by atoms with van der Waals surface area (Å²) >= 11 is 0. The monoisotopic (exact) mass is 494 g/mol. The van der Waals surface area contributed by atoms with Crippen LogP contribution in [0.4, 0.5) is 0 Å². The molecule has 6 heteroatoms. The maximum absolute atomic E-state index is 3.90. The number of hydrogen-bond acceptors (Lipinski definition) is 0. The Hall–Kier alpha value is 1.04. The van der Waals surface area contributed by atoms with Gasteiger partial charge in [-0.25, -0.2) is 0 Å². The minimum Gasteiger partial charge on any atom is -0.103 e. The molecule has 0 heterocycles. The van der Waals surface area contributed by atoms with E-state index in [1.165, 1.54) is 43.4 Å². The summed E-state index contributed by atoms with van der Waals surface area (Å²) in [6.45, 7) is 16.7. The van der Waals surface area contributed by atoms with Crippen LogP contribution in [0.25, 0.3) is 0 Å². The molecule has 0 rings (SSSR count). The second-order valence-electron chi connectivity index (χ2n) is 9.55. The smallest absolute Gasteiger partial charge is 0.0485 e. The first-order chi connectivity index (χ1) is 13.9. The van der Waals surface area contributed by atoms with Crippen molar-refractivity contribution in [1.29, 1.82) is 0 Å². The molecule has 0 aromatic rings. The molecule has 0 amide bonds. The van der Waals surface area contributed by atoms with E-state index in [0.717, 1.165) is 0 Å². The Bertz CT molecular complexity index is 365. The van der Waals surface area contributed by atoms with Crippen molar-refractivity contribution in [2.24, 2.45) is 0 Å². The quantitative estimate of drug-likeness (QED) is 0.111. The van der Waals surface area contributed by atoms with Crippen molar-refractivity contribution >= 4 is 54.2 Å². The Balaban J connectivity index is 3.58. The van der Waals surface area contributed by atoms with E-state index in [2.05, 4.69) is 55.6 Å². The first kappa shape index (κ1) is 30.0. The Morgan fingerprint density at radius 3 is 1.07 bits per heavy atom. The van der Waals surface area contributed by atoms with Gasteiger partial charge in [-0.15, -0.1) is 6.58 Å². The van der Waals surface area contributed by atoms with Gasteiger partial charge in [0.05, 0.1) is 0 Å². The molecule has 0 aliphatic carbocycles. The van der Waals surface area contributed by atoms with Crippen LogP contribution in [0.3, 0.4) is 0 Å². The Labute approximate surface area is 197 Å². The van der Waals surface area contributed by atoms with E-state index in [4.69, 9.17) is 0 Å². The summed E-state index contributed by atoms with van der Waals surface area (Å²) in [6, 6.07) is 16.6. The molecule has 0 spiro atoms. The predicted octanol–water partition coefficient (Wildman–Crippen LogP) is 8.33. The van der Waals surface area contributed by atoms with Gasteiger partial charge in [0.1, 0.15) is 0 Å². The molecule has 0 N–H and O–H groups in total. The zero-order valence-corrected chi connectivity index (χ0v) is 26.6. The van der Waals surface area contributed by atoms with Crippen molar-refractivity contribution in [3.05, 3.63) is 12.7 Å². The van der Waals surface area contributed by atoms with E-state index in [9.17, 15) is 0 Å². The predicted molar refractivity (Wildman–Crippen MR) is 150 cm³/mol. The highest BCUT2D eigenvalue weighted by Crippen LogP contribution is 2.18. The lowest BCUT2D eigenvalue weighted by atomic mass is 10.5.